The highest BCUT2D eigenvalue weighted by atomic mass is 32.1. The zero-order chi connectivity index (χ0) is 11.1. The van der Waals surface area contributed by atoms with Gasteiger partial charge < -0.3 is 5.32 Å². The SMILES string of the molecule is CCCNC(c1csnn1)C(C)CCC. The molecule has 2 atom stereocenters. The van der Waals surface area contributed by atoms with E-state index < -0.39 is 0 Å². The molecule has 0 bridgehead atoms. The van der Waals surface area contributed by atoms with E-state index in [2.05, 4.69) is 41.1 Å². The van der Waals surface area contributed by atoms with Gasteiger partial charge in [-0.3, -0.25) is 0 Å². The van der Waals surface area contributed by atoms with Crippen molar-refractivity contribution in [3.63, 3.8) is 0 Å². The lowest BCUT2D eigenvalue weighted by Crippen LogP contribution is -2.28. The highest BCUT2D eigenvalue weighted by Gasteiger charge is 2.19. The molecule has 1 aromatic heterocycles. The summed E-state index contributed by atoms with van der Waals surface area (Å²) in [5, 5.41) is 9.79. The van der Waals surface area contributed by atoms with E-state index in [1.807, 2.05) is 0 Å². The van der Waals surface area contributed by atoms with Gasteiger partial charge >= 0.3 is 0 Å². The molecule has 0 spiro atoms. The van der Waals surface area contributed by atoms with Gasteiger partial charge in [0.2, 0.25) is 0 Å². The Morgan fingerprint density at radius 1 is 1.40 bits per heavy atom. The fraction of sp³-hybridized carbons (Fsp3) is 0.818. The van der Waals surface area contributed by atoms with Crippen molar-refractivity contribution in [3.8, 4) is 0 Å². The number of nitrogens with one attached hydrogen (secondary N) is 1. The Balaban J connectivity index is 2.60. The summed E-state index contributed by atoms with van der Waals surface area (Å²) in [6.45, 7) is 7.76. The summed E-state index contributed by atoms with van der Waals surface area (Å²) in [6, 6.07) is 0.378. The third kappa shape index (κ3) is 3.87. The molecule has 0 aliphatic rings. The van der Waals surface area contributed by atoms with Gasteiger partial charge in [0.1, 0.15) is 0 Å². The molecule has 0 saturated carbocycles. The Morgan fingerprint density at radius 2 is 2.20 bits per heavy atom. The van der Waals surface area contributed by atoms with Crippen molar-refractivity contribution in [2.24, 2.45) is 5.92 Å². The highest BCUT2D eigenvalue weighted by molar-refractivity contribution is 7.03. The Hall–Kier alpha value is -0.480. The smallest absolute Gasteiger partial charge is 0.0927 e. The minimum atomic E-state index is 0.378. The first kappa shape index (κ1) is 12.6. The van der Waals surface area contributed by atoms with E-state index in [4.69, 9.17) is 0 Å². The van der Waals surface area contributed by atoms with Crippen molar-refractivity contribution in [2.45, 2.75) is 46.1 Å². The second-order valence-electron chi connectivity index (χ2n) is 4.03. The first-order valence-electron chi connectivity index (χ1n) is 5.79. The molecule has 4 heteroatoms. The normalized spacial score (nSPS) is 15.1. The summed E-state index contributed by atoms with van der Waals surface area (Å²) in [5.41, 5.74) is 1.11. The van der Waals surface area contributed by atoms with Crippen molar-refractivity contribution in [1.82, 2.24) is 14.9 Å². The Kier molecular flexibility index (Phi) is 5.79. The van der Waals surface area contributed by atoms with Crippen molar-refractivity contribution < 1.29 is 0 Å². The van der Waals surface area contributed by atoms with Gasteiger partial charge in [-0.25, -0.2) is 0 Å². The van der Waals surface area contributed by atoms with Gasteiger partial charge in [-0.15, -0.1) is 5.10 Å². The fourth-order valence-corrected chi connectivity index (χ4v) is 2.32. The minimum absolute atomic E-state index is 0.378. The summed E-state index contributed by atoms with van der Waals surface area (Å²) in [6.07, 6.45) is 3.62. The van der Waals surface area contributed by atoms with Crippen LogP contribution in [0.4, 0.5) is 0 Å². The molecule has 1 N–H and O–H groups in total. The zero-order valence-corrected chi connectivity index (χ0v) is 10.7. The van der Waals surface area contributed by atoms with E-state index in [9.17, 15) is 0 Å². The summed E-state index contributed by atoms with van der Waals surface area (Å²) in [7, 11) is 0. The first-order valence-corrected chi connectivity index (χ1v) is 6.63. The molecule has 86 valence electrons. The average Bonchev–Trinajstić information content (AvgIpc) is 2.72. The molecule has 0 amide bonds. The van der Waals surface area contributed by atoms with Crippen LogP contribution in [-0.4, -0.2) is 16.1 Å². The van der Waals surface area contributed by atoms with E-state index in [1.165, 1.54) is 24.4 Å². The second kappa shape index (κ2) is 6.90. The molecule has 0 aromatic carbocycles. The number of rotatable bonds is 7. The average molecular weight is 227 g/mol. The predicted octanol–water partition coefficient (Wildman–Crippen LogP) is 3.02. The van der Waals surface area contributed by atoms with Gasteiger partial charge in [0, 0.05) is 5.38 Å². The molecule has 1 aromatic rings. The first-order chi connectivity index (χ1) is 7.29. The molecule has 1 rings (SSSR count). The lowest BCUT2D eigenvalue weighted by Gasteiger charge is -2.22. The summed E-state index contributed by atoms with van der Waals surface area (Å²) >= 11 is 1.44. The van der Waals surface area contributed by atoms with Crippen LogP contribution in [0.5, 0.6) is 0 Å². The molecule has 0 saturated heterocycles. The van der Waals surface area contributed by atoms with Gasteiger partial charge in [-0.2, -0.15) is 0 Å². The number of hydrogen-bond acceptors (Lipinski definition) is 4. The maximum atomic E-state index is 4.18. The van der Waals surface area contributed by atoms with E-state index in [0.717, 1.165) is 18.7 Å². The van der Waals surface area contributed by atoms with Crippen LogP contribution < -0.4 is 5.32 Å². The van der Waals surface area contributed by atoms with Crippen LogP contribution in [-0.2, 0) is 0 Å². The maximum absolute atomic E-state index is 4.18. The topological polar surface area (TPSA) is 37.8 Å². The van der Waals surface area contributed by atoms with Crippen LogP contribution in [0.1, 0.15) is 51.8 Å². The zero-order valence-electron chi connectivity index (χ0n) is 9.86. The van der Waals surface area contributed by atoms with Crippen LogP contribution >= 0.6 is 11.5 Å². The van der Waals surface area contributed by atoms with Crippen LogP contribution in [0.2, 0.25) is 0 Å². The highest BCUT2D eigenvalue weighted by Crippen LogP contribution is 2.24. The molecular weight excluding hydrogens is 206 g/mol. The van der Waals surface area contributed by atoms with Gasteiger partial charge in [0.25, 0.3) is 0 Å². The molecule has 15 heavy (non-hydrogen) atoms. The van der Waals surface area contributed by atoms with E-state index in [0.29, 0.717) is 12.0 Å². The summed E-state index contributed by atoms with van der Waals surface area (Å²) in [4.78, 5) is 0. The summed E-state index contributed by atoms with van der Waals surface area (Å²) < 4.78 is 3.95. The van der Waals surface area contributed by atoms with Crippen molar-refractivity contribution in [3.05, 3.63) is 11.1 Å². The number of hydrogen-bond donors (Lipinski definition) is 1. The minimum Gasteiger partial charge on any atom is -0.308 e. The van der Waals surface area contributed by atoms with Gasteiger partial charge in [-0.1, -0.05) is 31.7 Å². The molecule has 0 aliphatic heterocycles. The number of nitrogens with zero attached hydrogens (tertiary/aromatic N) is 2. The van der Waals surface area contributed by atoms with Crippen molar-refractivity contribution in [1.29, 1.82) is 0 Å². The molecule has 0 radical (unpaired) electrons. The quantitative estimate of drug-likeness (QED) is 0.778. The van der Waals surface area contributed by atoms with Gasteiger partial charge in [-0.05, 0) is 36.8 Å². The van der Waals surface area contributed by atoms with Crippen molar-refractivity contribution >= 4 is 11.5 Å². The molecule has 0 fully saturated rings. The third-order valence-corrected chi connectivity index (χ3v) is 3.15. The monoisotopic (exact) mass is 227 g/mol. The van der Waals surface area contributed by atoms with Crippen LogP contribution in [0.25, 0.3) is 0 Å². The van der Waals surface area contributed by atoms with Gasteiger partial charge in [0.15, 0.2) is 0 Å². The Morgan fingerprint density at radius 3 is 2.73 bits per heavy atom. The van der Waals surface area contributed by atoms with Crippen molar-refractivity contribution in [2.75, 3.05) is 6.54 Å². The molecule has 0 aliphatic carbocycles. The van der Waals surface area contributed by atoms with Gasteiger partial charge in [0.05, 0.1) is 11.7 Å². The van der Waals surface area contributed by atoms with Crippen LogP contribution in [0.15, 0.2) is 5.38 Å². The molecule has 3 nitrogen and oxygen atoms in total. The summed E-state index contributed by atoms with van der Waals surface area (Å²) in [5.74, 6) is 0.630. The predicted molar refractivity (Wildman–Crippen MR) is 65.0 cm³/mol. The van der Waals surface area contributed by atoms with E-state index in [-0.39, 0.29) is 0 Å². The molecular formula is C11H21N3S. The maximum Gasteiger partial charge on any atom is 0.0927 e. The standard InChI is InChI=1S/C11H21N3S/c1-4-6-9(3)11(12-7-5-2)10-8-15-14-13-10/h8-9,11-12H,4-7H2,1-3H3. The Bertz CT molecular complexity index is 248. The third-order valence-electron chi connectivity index (χ3n) is 2.62. The lowest BCUT2D eigenvalue weighted by atomic mass is 9.95. The molecule has 2 unspecified atom stereocenters. The van der Waals surface area contributed by atoms with E-state index >= 15 is 0 Å². The fourth-order valence-electron chi connectivity index (χ4n) is 1.83. The molecule has 1 heterocycles. The lowest BCUT2D eigenvalue weighted by molar-refractivity contribution is 0.356. The second-order valence-corrected chi connectivity index (χ2v) is 4.64. The number of aromatic nitrogens is 2. The Labute approximate surface area is 96.5 Å². The largest absolute Gasteiger partial charge is 0.308 e. The van der Waals surface area contributed by atoms with Crippen LogP contribution in [0, 0.1) is 5.92 Å². The van der Waals surface area contributed by atoms with E-state index in [1.54, 1.807) is 0 Å². The van der Waals surface area contributed by atoms with Crippen LogP contribution in [0.3, 0.4) is 0 Å².